The van der Waals surface area contributed by atoms with E-state index in [-0.39, 0.29) is 17.0 Å². The third-order valence-electron chi connectivity index (χ3n) is 6.06. The first-order valence-electron chi connectivity index (χ1n) is 9.89. The zero-order valence-electron chi connectivity index (χ0n) is 15.9. The van der Waals surface area contributed by atoms with Gasteiger partial charge in [-0.3, -0.25) is 4.90 Å². The summed E-state index contributed by atoms with van der Waals surface area (Å²) in [6, 6.07) is 8.48. The van der Waals surface area contributed by atoms with E-state index in [1.165, 1.54) is 67.9 Å². The fourth-order valence-electron chi connectivity index (χ4n) is 4.54. The highest BCUT2D eigenvalue weighted by atomic mass is 79.9. The average molecular weight is 423 g/mol. The zero-order valence-corrected chi connectivity index (χ0v) is 17.5. The van der Waals surface area contributed by atoms with Gasteiger partial charge in [0.2, 0.25) is 0 Å². The van der Waals surface area contributed by atoms with Crippen molar-refractivity contribution in [2.75, 3.05) is 52.5 Å². The number of ether oxygens (including phenoxy) is 1. The number of rotatable bonds is 6. The predicted molar refractivity (Wildman–Crippen MR) is 100 cm³/mol. The minimum atomic E-state index is 0. The molecule has 0 amide bonds. The van der Waals surface area contributed by atoms with E-state index in [2.05, 4.69) is 40.7 Å². The van der Waals surface area contributed by atoms with Gasteiger partial charge in [0.15, 0.2) is 0 Å². The van der Waals surface area contributed by atoms with Crippen LogP contribution in [-0.2, 0) is 17.8 Å². The Balaban J connectivity index is 0.00000196. The van der Waals surface area contributed by atoms with Gasteiger partial charge in [-0.05, 0) is 19.1 Å². The van der Waals surface area contributed by atoms with E-state index in [4.69, 9.17) is 9.72 Å². The molecule has 5 nitrogen and oxygen atoms in total. The van der Waals surface area contributed by atoms with Gasteiger partial charge in [-0.15, -0.1) is 0 Å². The van der Waals surface area contributed by atoms with E-state index in [1.807, 2.05) is 0 Å². The molecular weight excluding hydrogens is 392 g/mol. The lowest BCUT2D eigenvalue weighted by Crippen LogP contribution is -3.00. The molecule has 1 aromatic carbocycles. The van der Waals surface area contributed by atoms with E-state index < -0.39 is 0 Å². The molecule has 1 spiro atoms. The fourth-order valence-corrected chi connectivity index (χ4v) is 4.54. The molecule has 0 radical (unpaired) electrons. The number of nitrogens with zero attached hydrogens (tertiary/aromatic N) is 4. The third kappa shape index (κ3) is 4.14. The van der Waals surface area contributed by atoms with E-state index in [0.29, 0.717) is 0 Å². The maximum atomic E-state index is 5.60. The summed E-state index contributed by atoms with van der Waals surface area (Å²) in [5.74, 6) is 1.19. The number of hydrogen-bond acceptors (Lipinski definition) is 3. The number of halogens is 1. The number of imidazole rings is 1. The van der Waals surface area contributed by atoms with Crippen LogP contribution >= 0.6 is 0 Å². The summed E-state index contributed by atoms with van der Waals surface area (Å²) >= 11 is 0. The molecular formula is C20H31BrN4O. The van der Waals surface area contributed by atoms with Gasteiger partial charge in [-0.1, -0.05) is 12.1 Å². The molecule has 2 aliphatic rings. The van der Waals surface area contributed by atoms with Crippen molar-refractivity contribution in [1.29, 1.82) is 0 Å². The van der Waals surface area contributed by atoms with Crippen molar-refractivity contribution in [1.82, 2.24) is 14.5 Å². The smallest absolute Gasteiger partial charge is 0.124 e. The lowest BCUT2D eigenvalue weighted by Gasteiger charge is -2.41. The molecule has 2 aromatic rings. The summed E-state index contributed by atoms with van der Waals surface area (Å²) in [6.07, 6.45) is 2.85. The second kappa shape index (κ2) is 8.83. The van der Waals surface area contributed by atoms with Crippen LogP contribution in [0.2, 0.25) is 0 Å². The second-order valence-electron chi connectivity index (χ2n) is 7.58. The Bertz CT molecular complexity index is 701. The SMILES string of the molecule is CCOCCn1c(CN2CC[N+]3(CCCC3)CC2)nc2ccccc21.[Br-]. The van der Waals surface area contributed by atoms with E-state index in [9.17, 15) is 0 Å². The van der Waals surface area contributed by atoms with Crippen LogP contribution in [0, 0.1) is 0 Å². The molecule has 2 aliphatic heterocycles. The van der Waals surface area contributed by atoms with Crippen LogP contribution in [0.25, 0.3) is 11.0 Å². The van der Waals surface area contributed by atoms with Crippen LogP contribution in [0.15, 0.2) is 24.3 Å². The number of aromatic nitrogens is 2. The van der Waals surface area contributed by atoms with Crippen molar-refractivity contribution in [2.24, 2.45) is 0 Å². The van der Waals surface area contributed by atoms with Crippen molar-refractivity contribution < 1.29 is 26.2 Å². The summed E-state index contributed by atoms with van der Waals surface area (Å²) in [6.45, 7) is 13.3. The molecule has 0 unspecified atom stereocenters. The number of fused-ring (bicyclic) bond motifs is 1. The zero-order chi connectivity index (χ0) is 17.1. The quantitative estimate of drug-likeness (QED) is 0.464. The highest BCUT2D eigenvalue weighted by Gasteiger charge is 2.35. The number of benzene rings is 1. The van der Waals surface area contributed by atoms with Gasteiger partial charge in [-0.2, -0.15) is 0 Å². The largest absolute Gasteiger partial charge is 1.00 e. The van der Waals surface area contributed by atoms with Gasteiger partial charge in [0, 0.05) is 39.1 Å². The molecule has 144 valence electrons. The van der Waals surface area contributed by atoms with E-state index in [0.717, 1.165) is 31.8 Å². The molecule has 2 saturated heterocycles. The summed E-state index contributed by atoms with van der Waals surface area (Å²) < 4.78 is 9.33. The Hall–Kier alpha value is -0.950. The highest BCUT2D eigenvalue weighted by molar-refractivity contribution is 5.75. The highest BCUT2D eigenvalue weighted by Crippen LogP contribution is 2.23. The molecule has 26 heavy (non-hydrogen) atoms. The minimum Gasteiger partial charge on any atom is -1.00 e. The first-order valence-corrected chi connectivity index (χ1v) is 9.89. The van der Waals surface area contributed by atoms with Crippen molar-refractivity contribution in [3.05, 3.63) is 30.1 Å². The van der Waals surface area contributed by atoms with Crippen molar-refractivity contribution in [2.45, 2.75) is 32.9 Å². The maximum absolute atomic E-state index is 5.60. The number of quaternary nitrogens is 1. The van der Waals surface area contributed by atoms with Gasteiger partial charge in [0.25, 0.3) is 0 Å². The average Bonchev–Trinajstić information content (AvgIpc) is 3.23. The minimum absolute atomic E-state index is 0. The third-order valence-corrected chi connectivity index (χ3v) is 6.06. The van der Waals surface area contributed by atoms with Gasteiger partial charge in [0.05, 0.1) is 50.4 Å². The molecule has 0 atom stereocenters. The predicted octanol–water partition coefficient (Wildman–Crippen LogP) is -0.497. The van der Waals surface area contributed by atoms with Gasteiger partial charge < -0.3 is 30.8 Å². The van der Waals surface area contributed by atoms with Crippen molar-refractivity contribution in [3.8, 4) is 0 Å². The Kier molecular flexibility index (Phi) is 6.72. The summed E-state index contributed by atoms with van der Waals surface area (Å²) in [7, 11) is 0. The van der Waals surface area contributed by atoms with Crippen LogP contribution < -0.4 is 17.0 Å². The Morgan fingerprint density at radius 3 is 2.54 bits per heavy atom. The molecule has 2 fully saturated rings. The molecule has 3 heterocycles. The summed E-state index contributed by atoms with van der Waals surface area (Å²) in [5.41, 5.74) is 2.34. The molecule has 0 aliphatic carbocycles. The number of para-hydroxylation sites is 2. The van der Waals surface area contributed by atoms with Gasteiger partial charge in [-0.25, -0.2) is 4.98 Å². The first-order chi connectivity index (χ1) is 12.3. The molecule has 6 heteroatoms. The van der Waals surface area contributed by atoms with E-state index >= 15 is 0 Å². The molecule has 0 N–H and O–H groups in total. The van der Waals surface area contributed by atoms with Crippen LogP contribution in [0.1, 0.15) is 25.6 Å². The van der Waals surface area contributed by atoms with Crippen LogP contribution in [-0.4, -0.2) is 71.4 Å². The lowest BCUT2D eigenvalue weighted by molar-refractivity contribution is -0.920. The molecule has 1 aromatic heterocycles. The number of hydrogen-bond donors (Lipinski definition) is 0. The fraction of sp³-hybridized carbons (Fsp3) is 0.650. The molecule has 4 rings (SSSR count). The molecule has 0 bridgehead atoms. The number of piperazine rings is 1. The van der Waals surface area contributed by atoms with Crippen LogP contribution in [0.4, 0.5) is 0 Å². The van der Waals surface area contributed by atoms with E-state index in [1.54, 1.807) is 0 Å². The van der Waals surface area contributed by atoms with Gasteiger partial charge in [0.1, 0.15) is 5.82 Å². The Morgan fingerprint density at radius 2 is 1.81 bits per heavy atom. The lowest BCUT2D eigenvalue weighted by atomic mass is 10.2. The first kappa shape index (κ1) is 19.8. The second-order valence-corrected chi connectivity index (χ2v) is 7.58. The van der Waals surface area contributed by atoms with Gasteiger partial charge >= 0.3 is 0 Å². The topological polar surface area (TPSA) is 30.3 Å². The summed E-state index contributed by atoms with van der Waals surface area (Å²) in [4.78, 5) is 7.53. The van der Waals surface area contributed by atoms with Crippen LogP contribution in [0.3, 0.4) is 0 Å². The standard InChI is InChI=1S/C20H31N4O.BrH/c1-2-25-16-11-23-19-8-4-3-7-18(19)21-20(23)17-22-9-14-24(15-10-22)12-5-6-13-24;/h3-4,7-8H,2,5-6,9-17H2,1H3;1H/q+1;/p-1. The Morgan fingerprint density at radius 1 is 1.08 bits per heavy atom. The van der Waals surface area contributed by atoms with Crippen molar-refractivity contribution in [3.63, 3.8) is 0 Å². The normalized spacial score (nSPS) is 19.9. The maximum Gasteiger partial charge on any atom is 0.124 e. The molecule has 0 saturated carbocycles. The van der Waals surface area contributed by atoms with Crippen molar-refractivity contribution >= 4 is 11.0 Å². The Labute approximate surface area is 167 Å². The van der Waals surface area contributed by atoms with Crippen LogP contribution in [0.5, 0.6) is 0 Å². The monoisotopic (exact) mass is 422 g/mol. The summed E-state index contributed by atoms with van der Waals surface area (Å²) in [5, 5.41) is 0.